The molecule has 0 rings (SSSR count). The minimum atomic E-state index is 0. The normalized spacial score (nSPS) is 11.4. The van der Waals surface area contributed by atoms with Crippen LogP contribution in [0.4, 0.5) is 4.70 Å². The number of rotatable bonds is 2. The summed E-state index contributed by atoms with van der Waals surface area (Å²) in [4.78, 5) is 0. The lowest BCUT2D eigenvalue weighted by atomic mass is 9.97. The van der Waals surface area contributed by atoms with Crippen molar-refractivity contribution in [1.29, 1.82) is 0 Å². The average Bonchev–Trinajstić information content (AvgIpc) is 1.59. The molecule has 0 spiro atoms. The monoisotopic (exact) mass is 150 g/mol. The molecule has 0 aliphatic heterocycles. The first-order chi connectivity index (χ1) is 3.92. The molecule has 0 aromatic rings. The summed E-state index contributed by atoms with van der Waals surface area (Å²) in [5.41, 5.74) is 3.60. The number of hydrogen-bond acceptors (Lipinski definition) is 2. The molecule has 0 saturated heterocycles. The Morgan fingerprint density at radius 3 is 1.70 bits per heavy atom. The number of nitrogens with one attached hydrogen (secondary N) is 1. The summed E-state index contributed by atoms with van der Waals surface area (Å²) in [5.74, 6) is 0. The van der Waals surface area contributed by atoms with Crippen molar-refractivity contribution in [2.24, 2.45) is 5.41 Å². The molecular formula is C7H19FN2. The Morgan fingerprint density at radius 1 is 1.20 bits per heavy atom. The highest BCUT2D eigenvalue weighted by Gasteiger charge is 2.08. The fourth-order valence-electron chi connectivity index (χ4n) is 0.395. The highest BCUT2D eigenvalue weighted by atomic mass is 19.0. The zero-order valence-corrected chi connectivity index (χ0v) is 7.56. The lowest BCUT2D eigenvalue weighted by Crippen LogP contribution is -2.36. The van der Waals surface area contributed by atoms with Crippen molar-refractivity contribution < 1.29 is 4.70 Å². The summed E-state index contributed by atoms with van der Waals surface area (Å²) in [6.07, 6.45) is 0. The second kappa shape index (κ2) is 4.63. The molecule has 0 amide bonds. The van der Waals surface area contributed by atoms with E-state index in [1.807, 2.05) is 19.1 Å². The van der Waals surface area contributed by atoms with Crippen molar-refractivity contribution in [3.8, 4) is 0 Å². The predicted molar refractivity (Wildman–Crippen MR) is 43.6 cm³/mol. The van der Waals surface area contributed by atoms with Crippen LogP contribution in [0, 0.1) is 5.41 Å². The van der Waals surface area contributed by atoms with Crippen LogP contribution < -0.4 is 5.43 Å². The van der Waals surface area contributed by atoms with Gasteiger partial charge in [-0.15, -0.1) is 0 Å². The van der Waals surface area contributed by atoms with Gasteiger partial charge in [0.2, 0.25) is 0 Å². The van der Waals surface area contributed by atoms with E-state index in [1.54, 1.807) is 0 Å². The number of hydrogen-bond donors (Lipinski definition) is 1. The van der Waals surface area contributed by atoms with Crippen LogP contribution in [0.15, 0.2) is 0 Å². The topological polar surface area (TPSA) is 15.3 Å². The quantitative estimate of drug-likeness (QED) is 0.596. The summed E-state index contributed by atoms with van der Waals surface area (Å²) >= 11 is 0. The maximum absolute atomic E-state index is 3.22. The average molecular weight is 150 g/mol. The van der Waals surface area contributed by atoms with Gasteiger partial charge in [0.05, 0.1) is 0 Å². The highest BCUT2D eigenvalue weighted by Crippen LogP contribution is 2.09. The van der Waals surface area contributed by atoms with E-state index in [0.717, 1.165) is 6.54 Å². The van der Waals surface area contributed by atoms with Crippen LogP contribution in [0.25, 0.3) is 0 Å². The van der Waals surface area contributed by atoms with Gasteiger partial charge in [0.25, 0.3) is 0 Å². The first kappa shape index (κ1) is 12.5. The van der Waals surface area contributed by atoms with Gasteiger partial charge in [0.15, 0.2) is 0 Å². The van der Waals surface area contributed by atoms with Crippen molar-refractivity contribution in [3.05, 3.63) is 0 Å². The molecule has 0 aliphatic rings. The molecule has 0 unspecified atom stereocenters. The molecular weight excluding hydrogens is 131 g/mol. The molecule has 1 N–H and O–H groups in total. The summed E-state index contributed by atoms with van der Waals surface area (Å²) < 4.78 is 0. The molecule has 64 valence electrons. The number of halogens is 1. The summed E-state index contributed by atoms with van der Waals surface area (Å²) in [7, 11) is 4.01. The van der Waals surface area contributed by atoms with Crippen LogP contribution >= 0.6 is 0 Å². The molecule has 0 aromatic heterocycles. The van der Waals surface area contributed by atoms with Gasteiger partial charge in [-0.05, 0) is 5.41 Å². The molecule has 10 heavy (non-hydrogen) atoms. The molecule has 0 radical (unpaired) electrons. The minimum absolute atomic E-state index is 0. The van der Waals surface area contributed by atoms with Crippen LogP contribution in [0.5, 0.6) is 0 Å². The largest absolute Gasteiger partial charge is 0.269 e. The van der Waals surface area contributed by atoms with Crippen molar-refractivity contribution in [2.75, 3.05) is 20.6 Å². The minimum Gasteiger partial charge on any atom is -0.269 e. The van der Waals surface area contributed by atoms with E-state index in [2.05, 4.69) is 26.2 Å². The van der Waals surface area contributed by atoms with Crippen LogP contribution in [0.1, 0.15) is 20.8 Å². The first-order valence-corrected chi connectivity index (χ1v) is 3.33. The van der Waals surface area contributed by atoms with E-state index < -0.39 is 0 Å². The zero-order chi connectivity index (χ0) is 7.49. The Hall–Kier alpha value is -0.150. The van der Waals surface area contributed by atoms with Crippen LogP contribution in [0.3, 0.4) is 0 Å². The third kappa shape index (κ3) is 10.8. The van der Waals surface area contributed by atoms with E-state index in [4.69, 9.17) is 0 Å². The Labute approximate surface area is 62.9 Å². The maximum atomic E-state index is 3.22. The van der Waals surface area contributed by atoms with E-state index in [9.17, 15) is 0 Å². The predicted octanol–water partition coefficient (Wildman–Crippen LogP) is 1.25. The van der Waals surface area contributed by atoms with Gasteiger partial charge < -0.3 is 0 Å². The fraction of sp³-hybridized carbons (Fsp3) is 1.00. The van der Waals surface area contributed by atoms with E-state index >= 15 is 0 Å². The van der Waals surface area contributed by atoms with Crippen molar-refractivity contribution in [1.82, 2.24) is 10.4 Å². The summed E-state index contributed by atoms with van der Waals surface area (Å²) in [6.45, 7) is 7.66. The molecule has 0 saturated carbocycles. The zero-order valence-electron chi connectivity index (χ0n) is 7.56. The highest BCUT2D eigenvalue weighted by molar-refractivity contribution is 4.62. The van der Waals surface area contributed by atoms with Crippen LogP contribution in [0.2, 0.25) is 0 Å². The van der Waals surface area contributed by atoms with E-state index in [0.29, 0.717) is 5.41 Å². The SMILES string of the molecule is CN(C)NCC(C)(C)C.F. The Kier molecular flexibility index (Phi) is 5.80. The van der Waals surface area contributed by atoms with E-state index in [-0.39, 0.29) is 4.70 Å². The van der Waals surface area contributed by atoms with Gasteiger partial charge in [0.1, 0.15) is 0 Å². The summed E-state index contributed by atoms with van der Waals surface area (Å²) in [6, 6.07) is 0. The van der Waals surface area contributed by atoms with Gasteiger partial charge in [0, 0.05) is 20.6 Å². The smallest absolute Gasteiger partial charge is 0.0151 e. The molecule has 3 heteroatoms. The molecule has 2 nitrogen and oxygen atoms in total. The van der Waals surface area contributed by atoms with Crippen molar-refractivity contribution in [2.45, 2.75) is 20.8 Å². The molecule has 0 heterocycles. The lowest BCUT2D eigenvalue weighted by molar-refractivity contribution is 0.231. The van der Waals surface area contributed by atoms with Gasteiger partial charge in [-0.1, -0.05) is 20.8 Å². The molecule has 0 aromatic carbocycles. The van der Waals surface area contributed by atoms with Crippen LogP contribution in [-0.2, 0) is 0 Å². The molecule has 0 aliphatic carbocycles. The Balaban J connectivity index is 0. The molecule has 0 fully saturated rings. The Morgan fingerprint density at radius 2 is 1.60 bits per heavy atom. The molecule has 0 bridgehead atoms. The fourth-order valence-corrected chi connectivity index (χ4v) is 0.395. The van der Waals surface area contributed by atoms with Gasteiger partial charge in [-0.3, -0.25) is 15.1 Å². The van der Waals surface area contributed by atoms with E-state index in [1.165, 1.54) is 0 Å². The first-order valence-electron chi connectivity index (χ1n) is 3.33. The molecule has 0 atom stereocenters. The third-order valence-corrected chi connectivity index (χ3v) is 0.926. The number of hydrazine groups is 1. The maximum Gasteiger partial charge on any atom is 0.0151 e. The standard InChI is InChI=1S/C7H18N2.FH/c1-7(2,3)6-8-9(4)5;/h8H,6H2,1-5H3;1H. The second-order valence-corrected chi connectivity index (χ2v) is 3.79. The Bertz CT molecular complexity index is 76.2. The van der Waals surface area contributed by atoms with Gasteiger partial charge >= 0.3 is 0 Å². The lowest BCUT2D eigenvalue weighted by Gasteiger charge is -2.21. The summed E-state index contributed by atoms with van der Waals surface area (Å²) in [5, 5.41) is 1.98. The van der Waals surface area contributed by atoms with Gasteiger partial charge in [-0.2, -0.15) is 0 Å². The second-order valence-electron chi connectivity index (χ2n) is 3.79. The van der Waals surface area contributed by atoms with Crippen molar-refractivity contribution in [3.63, 3.8) is 0 Å². The van der Waals surface area contributed by atoms with Gasteiger partial charge in [-0.25, -0.2) is 0 Å². The number of nitrogens with zero attached hydrogens (tertiary/aromatic N) is 1. The third-order valence-electron chi connectivity index (χ3n) is 0.926. The van der Waals surface area contributed by atoms with Crippen LogP contribution in [-0.4, -0.2) is 25.6 Å². The van der Waals surface area contributed by atoms with Crippen molar-refractivity contribution >= 4 is 0 Å².